The van der Waals surface area contributed by atoms with E-state index < -0.39 is 0 Å². The SMILES string of the molecule is CC(=O)C=C(C)c1ccc(C2CCCCCC2)c(Cl)c1. The Bertz CT molecular complexity index is 508. The number of halogens is 1. The van der Waals surface area contributed by atoms with Gasteiger partial charge in [-0.2, -0.15) is 0 Å². The minimum atomic E-state index is 0.0754. The molecule has 1 aliphatic rings. The fourth-order valence-corrected chi connectivity index (χ4v) is 3.42. The molecule has 0 radical (unpaired) electrons. The molecular formula is C18H23ClO. The van der Waals surface area contributed by atoms with Gasteiger partial charge in [0.15, 0.2) is 5.78 Å². The second-order valence-electron chi connectivity index (χ2n) is 5.86. The van der Waals surface area contributed by atoms with Crippen LogP contribution in [0.3, 0.4) is 0 Å². The van der Waals surface area contributed by atoms with Crippen LogP contribution in [0.2, 0.25) is 5.02 Å². The standard InChI is InChI=1S/C18H23ClO/c1-13(11-14(2)20)16-9-10-17(18(19)12-16)15-7-5-3-4-6-8-15/h9-12,15H,3-8H2,1-2H3. The van der Waals surface area contributed by atoms with Crippen LogP contribution < -0.4 is 0 Å². The van der Waals surface area contributed by atoms with Gasteiger partial charge >= 0.3 is 0 Å². The zero-order valence-electron chi connectivity index (χ0n) is 12.4. The molecule has 1 aromatic rings. The molecule has 0 atom stereocenters. The monoisotopic (exact) mass is 290 g/mol. The summed E-state index contributed by atoms with van der Waals surface area (Å²) >= 11 is 6.48. The number of carbonyl (C=O) groups excluding carboxylic acids is 1. The van der Waals surface area contributed by atoms with Gasteiger partial charge in [0.05, 0.1) is 0 Å². The quantitative estimate of drug-likeness (QED) is 0.510. The van der Waals surface area contributed by atoms with Crippen LogP contribution in [0.25, 0.3) is 5.57 Å². The van der Waals surface area contributed by atoms with Crippen molar-refractivity contribution in [3.63, 3.8) is 0 Å². The fourth-order valence-electron chi connectivity index (χ4n) is 3.08. The highest BCUT2D eigenvalue weighted by molar-refractivity contribution is 6.31. The van der Waals surface area contributed by atoms with E-state index in [0.717, 1.165) is 16.2 Å². The van der Waals surface area contributed by atoms with Crippen molar-refractivity contribution < 1.29 is 4.79 Å². The molecule has 0 amide bonds. The normalized spacial score (nSPS) is 17.9. The first-order chi connectivity index (χ1) is 9.58. The maximum Gasteiger partial charge on any atom is 0.152 e. The van der Waals surface area contributed by atoms with Gasteiger partial charge in [0.1, 0.15) is 0 Å². The summed E-state index contributed by atoms with van der Waals surface area (Å²) in [6.45, 7) is 3.53. The first kappa shape index (κ1) is 15.3. The average molecular weight is 291 g/mol. The number of carbonyl (C=O) groups is 1. The van der Waals surface area contributed by atoms with Gasteiger partial charge < -0.3 is 0 Å². The maximum absolute atomic E-state index is 11.2. The summed E-state index contributed by atoms with van der Waals surface area (Å²) in [6.07, 6.45) is 9.50. The van der Waals surface area contributed by atoms with Crippen molar-refractivity contribution in [1.29, 1.82) is 0 Å². The molecule has 1 fully saturated rings. The summed E-state index contributed by atoms with van der Waals surface area (Å²) in [5.41, 5.74) is 3.31. The molecule has 1 saturated carbocycles. The highest BCUT2D eigenvalue weighted by atomic mass is 35.5. The number of rotatable bonds is 3. The van der Waals surface area contributed by atoms with E-state index in [-0.39, 0.29) is 5.78 Å². The summed E-state index contributed by atoms with van der Waals surface area (Å²) in [4.78, 5) is 11.2. The van der Waals surface area contributed by atoms with Gasteiger partial charge in [-0.05, 0) is 61.4 Å². The molecule has 1 aliphatic carbocycles. The van der Waals surface area contributed by atoms with E-state index in [0.29, 0.717) is 5.92 Å². The van der Waals surface area contributed by atoms with Crippen LogP contribution in [0.15, 0.2) is 24.3 Å². The molecule has 2 heteroatoms. The van der Waals surface area contributed by atoms with E-state index in [2.05, 4.69) is 12.1 Å². The van der Waals surface area contributed by atoms with Gasteiger partial charge in [-0.1, -0.05) is 49.4 Å². The van der Waals surface area contributed by atoms with Crippen molar-refractivity contribution in [1.82, 2.24) is 0 Å². The van der Waals surface area contributed by atoms with E-state index in [4.69, 9.17) is 11.6 Å². The number of ketones is 1. The third-order valence-corrected chi connectivity index (χ3v) is 4.50. The van der Waals surface area contributed by atoms with Crippen LogP contribution in [0.4, 0.5) is 0 Å². The highest BCUT2D eigenvalue weighted by Gasteiger charge is 2.17. The second-order valence-corrected chi connectivity index (χ2v) is 6.27. The van der Waals surface area contributed by atoms with Crippen LogP contribution in [0.1, 0.15) is 69.4 Å². The smallest absolute Gasteiger partial charge is 0.152 e. The topological polar surface area (TPSA) is 17.1 Å². The molecule has 0 aromatic heterocycles. The maximum atomic E-state index is 11.2. The van der Waals surface area contributed by atoms with E-state index in [9.17, 15) is 4.79 Å². The molecule has 20 heavy (non-hydrogen) atoms. The predicted octanol–water partition coefficient (Wildman–Crippen LogP) is 5.77. The Morgan fingerprint density at radius 1 is 1.15 bits per heavy atom. The highest BCUT2D eigenvalue weighted by Crippen LogP contribution is 2.36. The Morgan fingerprint density at radius 3 is 2.35 bits per heavy atom. The lowest BCUT2D eigenvalue weighted by Gasteiger charge is -2.17. The molecule has 0 saturated heterocycles. The Kier molecular flexibility index (Phi) is 5.42. The third-order valence-electron chi connectivity index (χ3n) is 4.17. The summed E-state index contributed by atoms with van der Waals surface area (Å²) in [7, 11) is 0. The number of benzene rings is 1. The zero-order valence-corrected chi connectivity index (χ0v) is 13.2. The number of hydrogen-bond donors (Lipinski definition) is 0. The Balaban J connectivity index is 2.23. The predicted molar refractivity (Wildman–Crippen MR) is 86.2 cm³/mol. The van der Waals surface area contributed by atoms with Gasteiger partial charge in [-0.3, -0.25) is 4.79 Å². The van der Waals surface area contributed by atoms with Gasteiger partial charge in [-0.25, -0.2) is 0 Å². The van der Waals surface area contributed by atoms with Crippen LogP contribution in [-0.4, -0.2) is 5.78 Å². The lowest BCUT2D eigenvalue weighted by Crippen LogP contribution is -1.99. The van der Waals surface area contributed by atoms with E-state index in [1.807, 2.05) is 13.0 Å². The summed E-state index contributed by atoms with van der Waals surface area (Å²) in [6, 6.07) is 6.27. The van der Waals surface area contributed by atoms with Crippen LogP contribution in [0, 0.1) is 0 Å². The Hall–Kier alpha value is -1.08. The van der Waals surface area contributed by atoms with Crippen molar-refractivity contribution in [2.24, 2.45) is 0 Å². The minimum absolute atomic E-state index is 0.0754. The van der Waals surface area contributed by atoms with Gasteiger partial charge in [0, 0.05) is 5.02 Å². The fraction of sp³-hybridized carbons (Fsp3) is 0.500. The Labute approximate surface area is 127 Å². The van der Waals surface area contributed by atoms with Crippen LogP contribution in [-0.2, 0) is 4.79 Å². The van der Waals surface area contributed by atoms with Gasteiger partial charge in [0.25, 0.3) is 0 Å². The number of hydrogen-bond acceptors (Lipinski definition) is 1. The summed E-state index contributed by atoms with van der Waals surface area (Å²) in [5, 5.41) is 0.853. The van der Waals surface area contributed by atoms with Crippen molar-refractivity contribution >= 4 is 23.0 Å². The molecule has 0 N–H and O–H groups in total. The molecule has 0 unspecified atom stereocenters. The molecule has 0 spiro atoms. The van der Waals surface area contributed by atoms with E-state index in [1.54, 1.807) is 13.0 Å². The largest absolute Gasteiger partial charge is 0.295 e. The summed E-state index contributed by atoms with van der Waals surface area (Å²) < 4.78 is 0. The molecule has 0 aliphatic heterocycles. The average Bonchev–Trinajstić information content (AvgIpc) is 2.66. The molecule has 2 rings (SSSR count). The molecule has 1 aromatic carbocycles. The lowest BCUT2D eigenvalue weighted by atomic mass is 9.90. The third kappa shape index (κ3) is 3.96. The van der Waals surface area contributed by atoms with Crippen molar-refractivity contribution in [3.05, 3.63) is 40.4 Å². The minimum Gasteiger partial charge on any atom is -0.295 e. The molecule has 0 bridgehead atoms. The van der Waals surface area contributed by atoms with Gasteiger partial charge in [0.2, 0.25) is 0 Å². The van der Waals surface area contributed by atoms with Crippen LogP contribution >= 0.6 is 11.6 Å². The van der Waals surface area contributed by atoms with E-state index >= 15 is 0 Å². The lowest BCUT2D eigenvalue weighted by molar-refractivity contribution is -0.112. The van der Waals surface area contributed by atoms with E-state index in [1.165, 1.54) is 44.1 Å². The van der Waals surface area contributed by atoms with Crippen molar-refractivity contribution in [2.75, 3.05) is 0 Å². The van der Waals surface area contributed by atoms with Crippen molar-refractivity contribution in [2.45, 2.75) is 58.3 Å². The molecule has 108 valence electrons. The first-order valence-corrected chi connectivity index (χ1v) is 7.94. The molecular weight excluding hydrogens is 268 g/mol. The van der Waals surface area contributed by atoms with Gasteiger partial charge in [-0.15, -0.1) is 0 Å². The van der Waals surface area contributed by atoms with Crippen LogP contribution in [0.5, 0.6) is 0 Å². The van der Waals surface area contributed by atoms with Crippen molar-refractivity contribution in [3.8, 4) is 0 Å². The zero-order chi connectivity index (χ0) is 14.5. The number of allylic oxidation sites excluding steroid dienone is 2. The summed E-state index contributed by atoms with van der Waals surface area (Å²) in [5.74, 6) is 0.683. The first-order valence-electron chi connectivity index (χ1n) is 7.56. The molecule has 1 nitrogen and oxygen atoms in total. The Morgan fingerprint density at radius 2 is 1.80 bits per heavy atom. The second kappa shape index (κ2) is 7.08. The molecule has 0 heterocycles.